The molecule has 2 rings (SSSR count). The number of amides is 1. The van der Waals surface area contributed by atoms with E-state index in [2.05, 4.69) is 4.74 Å². The Morgan fingerprint density at radius 2 is 1.95 bits per heavy atom. The average Bonchev–Trinajstić information content (AvgIpc) is 2.35. The molecule has 0 heterocycles. The quantitative estimate of drug-likeness (QED) is 0.908. The summed E-state index contributed by atoms with van der Waals surface area (Å²) in [4.78, 5) is 11.9. The summed E-state index contributed by atoms with van der Waals surface area (Å²) < 4.78 is 46.4. The highest BCUT2D eigenvalue weighted by atomic mass is 19.4. The van der Waals surface area contributed by atoms with Gasteiger partial charge in [0.15, 0.2) is 5.60 Å². The molecule has 22 heavy (non-hydrogen) atoms. The lowest BCUT2D eigenvalue weighted by molar-refractivity contribution is -0.274. The zero-order chi connectivity index (χ0) is 16.6. The number of halogens is 3. The van der Waals surface area contributed by atoms with Gasteiger partial charge in [0.25, 0.3) is 0 Å². The molecule has 1 aromatic rings. The SMILES string of the molecule is COC(C)(C(N)=O)C1(c2cccc(OC(F)(F)F)c2)CCC1. The lowest BCUT2D eigenvalue weighted by Crippen LogP contribution is -2.62. The van der Waals surface area contributed by atoms with Crippen LogP contribution in [0.25, 0.3) is 0 Å². The zero-order valence-corrected chi connectivity index (χ0v) is 12.4. The van der Waals surface area contributed by atoms with Crippen molar-refractivity contribution in [2.75, 3.05) is 7.11 Å². The molecule has 2 N–H and O–H groups in total. The molecular formula is C15H18F3NO3. The Morgan fingerprint density at radius 1 is 1.32 bits per heavy atom. The smallest absolute Gasteiger partial charge is 0.406 e. The molecule has 7 heteroatoms. The first-order valence-corrected chi connectivity index (χ1v) is 6.86. The fourth-order valence-corrected chi connectivity index (χ4v) is 3.09. The van der Waals surface area contributed by atoms with Gasteiger partial charge < -0.3 is 15.2 Å². The molecule has 0 aliphatic heterocycles. The van der Waals surface area contributed by atoms with Gasteiger partial charge in [-0.15, -0.1) is 13.2 Å². The summed E-state index contributed by atoms with van der Waals surface area (Å²) >= 11 is 0. The number of carbonyl (C=O) groups is 1. The van der Waals surface area contributed by atoms with Crippen molar-refractivity contribution in [2.45, 2.75) is 43.6 Å². The van der Waals surface area contributed by atoms with Crippen LogP contribution < -0.4 is 10.5 Å². The first kappa shape index (κ1) is 16.6. The van der Waals surface area contributed by atoms with Crippen molar-refractivity contribution in [3.05, 3.63) is 29.8 Å². The third kappa shape index (κ3) is 2.65. The number of benzene rings is 1. The molecule has 1 amide bonds. The van der Waals surface area contributed by atoms with Crippen LogP contribution in [0.15, 0.2) is 24.3 Å². The van der Waals surface area contributed by atoms with E-state index in [0.29, 0.717) is 18.4 Å². The van der Waals surface area contributed by atoms with E-state index in [1.54, 1.807) is 13.0 Å². The Kier molecular flexibility index (Phi) is 4.12. The van der Waals surface area contributed by atoms with E-state index in [1.807, 2.05) is 0 Å². The molecule has 0 aromatic heterocycles. The van der Waals surface area contributed by atoms with Gasteiger partial charge in [-0.1, -0.05) is 18.6 Å². The minimum atomic E-state index is -4.76. The van der Waals surface area contributed by atoms with Crippen LogP contribution >= 0.6 is 0 Å². The maximum atomic E-state index is 12.4. The van der Waals surface area contributed by atoms with Gasteiger partial charge in [0.2, 0.25) is 5.91 Å². The van der Waals surface area contributed by atoms with Gasteiger partial charge in [-0.05, 0) is 37.5 Å². The van der Waals surface area contributed by atoms with Gasteiger partial charge in [-0.2, -0.15) is 0 Å². The Bertz CT molecular complexity index is 569. The monoisotopic (exact) mass is 317 g/mol. The van der Waals surface area contributed by atoms with Gasteiger partial charge in [0.05, 0.1) is 0 Å². The summed E-state index contributed by atoms with van der Waals surface area (Å²) in [7, 11) is 1.38. The summed E-state index contributed by atoms with van der Waals surface area (Å²) in [6.07, 6.45) is -2.71. The van der Waals surface area contributed by atoms with Gasteiger partial charge >= 0.3 is 6.36 Å². The molecule has 1 aliphatic carbocycles. The highest BCUT2D eigenvalue weighted by molar-refractivity contribution is 5.85. The standard InChI is InChI=1S/C15H18F3NO3/c1-13(21-2,12(19)20)14(7-4-8-14)10-5-3-6-11(9-10)22-15(16,17)18/h3,5-6,9H,4,7-8H2,1-2H3,(H2,19,20). The van der Waals surface area contributed by atoms with Crippen molar-refractivity contribution in [1.82, 2.24) is 0 Å². The lowest BCUT2D eigenvalue weighted by atomic mass is 9.55. The topological polar surface area (TPSA) is 61.5 Å². The van der Waals surface area contributed by atoms with Gasteiger partial charge in [-0.25, -0.2) is 0 Å². The van der Waals surface area contributed by atoms with Crippen molar-refractivity contribution in [3.8, 4) is 5.75 Å². The molecule has 1 unspecified atom stereocenters. The average molecular weight is 317 g/mol. The summed E-state index contributed by atoms with van der Waals surface area (Å²) in [6.45, 7) is 1.58. The van der Waals surface area contributed by atoms with Crippen LogP contribution in [0.3, 0.4) is 0 Å². The van der Waals surface area contributed by atoms with Crippen LogP contribution in [0.1, 0.15) is 31.7 Å². The number of hydrogen-bond donors (Lipinski definition) is 1. The highest BCUT2D eigenvalue weighted by Gasteiger charge is 2.57. The number of primary amides is 1. The van der Waals surface area contributed by atoms with Crippen molar-refractivity contribution < 1.29 is 27.4 Å². The first-order chi connectivity index (χ1) is 10.1. The number of alkyl halides is 3. The fourth-order valence-electron chi connectivity index (χ4n) is 3.09. The maximum absolute atomic E-state index is 12.4. The number of carbonyl (C=O) groups excluding carboxylic acids is 1. The van der Waals surface area contributed by atoms with Crippen LogP contribution in [0.4, 0.5) is 13.2 Å². The molecular weight excluding hydrogens is 299 g/mol. The van der Waals surface area contributed by atoms with Crippen molar-refractivity contribution >= 4 is 5.91 Å². The molecule has 4 nitrogen and oxygen atoms in total. The Balaban J connectivity index is 2.44. The second-order valence-electron chi connectivity index (χ2n) is 5.61. The minimum absolute atomic E-state index is 0.320. The molecule has 0 bridgehead atoms. The fraction of sp³-hybridized carbons (Fsp3) is 0.533. The van der Waals surface area contributed by atoms with E-state index >= 15 is 0 Å². The van der Waals surface area contributed by atoms with Gasteiger partial charge in [0, 0.05) is 12.5 Å². The Morgan fingerprint density at radius 3 is 2.36 bits per heavy atom. The van der Waals surface area contributed by atoms with Gasteiger partial charge in [0.1, 0.15) is 5.75 Å². The molecule has 0 saturated heterocycles. The molecule has 1 aromatic carbocycles. The lowest BCUT2D eigenvalue weighted by Gasteiger charge is -2.52. The Labute approximate surface area is 126 Å². The second kappa shape index (κ2) is 5.46. The number of ether oxygens (including phenoxy) is 2. The summed E-state index contributed by atoms with van der Waals surface area (Å²) in [5.41, 5.74) is 4.01. The largest absolute Gasteiger partial charge is 0.573 e. The molecule has 1 aliphatic rings. The summed E-state index contributed by atoms with van der Waals surface area (Å²) in [6, 6.07) is 5.65. The van der Waals surface area contributed by atoms with E-state index in [-0.39, 0.29) is 5.75 Å². The van der Waals surface area contributed by atoms with Crippen molar-refractivity contribution in [1.29, 1.82) is 0 Å². The summed E-state index contributed by atoms with van der Waals surface area (Å²) in [5.74, 6) is -0.962. The van der Waals surface area contributed by atoms with E-state index in [0.717, 1.165) is 6.42 Å². The number of methoxy groups -OCH3 is 1. The third-order valence-corrected chi connectivity index (χ3v) is 4.62. The molecule has 1 saturated carbocycles. The minimum Gasteiger partial charge on any atom is -0.406 e. The van der Waals surface area contributed by atoms with E-state index < -0.39 is 23.3 Å². The van der Waals surface area contributed by atoms with E-state index in [1.165, 1.54) is 25.3 Å². The van der Waals surface area contributed by atoms with Gasteiger partial charge in [-0.3, -0.25) is 4.79 Å². The number of rotatable bonds is 5. The normalized spacial score (nSPS) is 19.9. The van der Waals surface area contributed by atoms with Crippen molar-refractivity contribution in [3.63, 3.8) is 0 Å². The number of nitrogens with two attached hydrogens (primary N) is 1. The molecule has 1 fully saturated rings. The Hall–Kier alpha value is -1.76. The predicted molar refractivity (Wildman–Crippen MR) is 73.3 cm³/mol. The molecule has 0 radical (unpaired) electrons. The molecule has 122 valence electrons. The van der Waals surface area contributed by atoms with E-state index in [9.17, 15) is 18.0 Å². The second-order valence-corrected chi connectivity index (χ2v) is 5.61. The third-order valence-electron chi connectivity index (χ3n) is 4.62. The highest BCUT2D eigenvalue weighted by Crippen LogP contribution is 2.53. The summed E-state index contributed by atoms with van der Waals surface area (Å²) in [5, 5.41) is 0. The first-order valence-electron chi connectivity index (χ1n) is 6.86. The maximum Gasteiger partial charge on any atom is 0.573 e. The van der Waals surface area contributed by atoms with Crippen LogP contribution in [-0.2, 0) is 14.9 Å². The molecule has 1 atom stereocenters. The van der Waals surface area contributed by atoms with E-state index in [4.69, 9.17) is 10.5 Å². The van der Waals surface area contributed by atoms with Crippen LogP contribution in [0.2, 0.25) is 0 Å². The van der Waals surface area contributed by atoms with Crippen LogP contribution in [0.5, 0.6) is 5.75 Å². The molecule has 0 spiro atoms. The van der Waals surface area contributed by atoms with Crippen molar-refractivity contribution in [2.24, 2.45) is 5.73 Å². The van der Waals surface area contributed by atoms with Crippen LogP contribution in [-0.4, -0.2) is 25.0 Å². The zero-order valence-electron chi connectivity index (χ0n) is 12.4. The van der Waals surface area contributed by atoms with Crippen LogP contribution in [0, 0.1) is 0 Å². The predicted octanol–water partition coefficient (Wildman–Crippen LogP) is 2.90. The number of hydrogen-bond acceptors (Lipinski definition) is 3.